The van der Waals surface area contributed by atoms with Gasteiger partial charge >= 0.3 is 0 Å². The molecule has 3 rings (SSSR count). The lowest BCUT2D eigenvalue weighted by atomic mass is 9.87. The predicted octanol–water partition coefficient (Wildman–Crippen LogP) is 2.45. The Morgan fingerprint density at radius 1 is 1.00 bits per heavy atom. The topological polar surface area (TPSA) is 64.7 Å². The lowest BCUT2D eigenvalue weighted by Gasteiger charge is -2.35. The van der Waals surface area contributed by atoms with Crippen LogP contribution >= 0.6 is 24.8 Å². The second kappa shape index (κ2) is 13.7. The monoisotopic (exact) mass is 450 g/mol. The maximum Gasteiger partial charge on any atom is 0.234 e. The van der Waals surface area contributed by atoms with E-state index in [2.05, 4.69) is 22.5 Å². The minimum absolute atomic E-state index is 0. The van der Waals surface area contributed by atoms with Gasteiger partial charge < -0.3 is 15.5 Å². The maximum atomic E-state index is 12.5. The van der Waals surface area contributed by atoms with E-state index in [9.17, 15) is 9.59 Å². The van der Waals surface area contributed by atoms with E-state index in [0.717, 1.165) is 64.4 Å². The molecule has 2 amide bonds. The Hall–Kier alpha value is -0.560. The lowest BCUT2D eigenvalue weighted by molar-refractivity contribution is -0.133. The van der Waals surface area contributed by atoms with Crippen molar-refractivity contribution in [1.82, 2.24) is 20.4 Å². The van der Waals surface area contributed by atoms with Crippen molar-refractivity contribution in [2.45, 2.75) is 64.3 Å². The Morgan fingerprint density at radius 2 is 1.69 bits per heavy atom. The number of hydrogen-bond donors (Lipinski definition) is 2. The molecule has 0 aromatic heterocycles. The molecule has 6 nitrogen and oxygen atoms in total. The number of halogens is 2. The highest BCUT2D eigenvalue weighted by molar-refractivity contribution is 5.85. The largest absolute Gasteiger partial charge is 0.352 e. The second-order valence-corrected chi connectivity index (χ2v) is 8.93. The standard InChI is InChI=1S/C21H38N4O2.2ClH/c1-17-3-2-4-19(15-17)23-20(26)16-24-11-13-25(14-12-24)21(27)6-5-18-7-9-22-10-8-18;;/h17-19,22H,2-16H2,1H3,(H,23,26);2*1H. The van der Waals surface area contributed by atoms with Crippen LogP contribution in [0.15, 0.2) is 0 Å². The third kappa shape index (κ3) is 8.99. The second-order valence-electron chi connectivity index (χ2n) is 8.93. The highest BCUT2D eigenvalue weighted by Crippen LogP contribution is 2.23. The third-order valence-corrected chi connectivity index (χ3v) is 6.62. The van der Waals surface area contributed by atoms with Gasteiger partial charge in [0.05, 0.1) is 6.54 Å². The van der Waals surface area contributed by atoms with Crippen molar-refractivity contribution in [2.24, 2.45) is 11.8 Å². The molecular formula is C21H40Cl2N4O2. The summed E-state index contributed by atoms with van der Waals surface area (Å²) < 4.78 is 0. The SMILES string of the molecule is CC1CCCC(NC(=O)CN2CCN(C(=O)CCC3CCNCC3)CC2)C1.Cl.Cl. The molecular weight excluding hydrogens is 411 g/mol. The molecule has 3 fully saturated rings. The number of nitrogens with one attached hydrogen (secondary N) is 2. The number of amides is 2. The Kier molecular flexibility index (Phi) is 12.5. The number of piperazine rings is 1. The van der Waals surface area contributed by atoms with E-state index in [-0.39, 0.29) is 30.7 Å². The Morgan fingerprint density at radius 3 is 2.34 bits per heavy atom. The van der Waals surface area contributed by atoms with Gasteiger partial charge in [-0.05, 0) is 57.0 Å². The van der Waals surface area contributed by atoms with Crippen LogP contribution in [0.25, 0.3) is 0 Å². The van der Waals surface area contributed by atoms with Gasteiger partial charge in [0.15, 0.2) is 0 Å². The molecule has 2 N–H and O–H groups in total. The highest BCUT2D eigenvalue weighted by Gasteiger charge is 2.25. The Labute approximate surface area is 188 Å². The summed E-state index contributed by atoms with van der Waals surface area (Å²) in [5.74, 6) is 1.89. The molecule has 2 unspecified atom stereocenters. The fourth-order valence-electron chi connectivity index (χ4n) is 4.85. The number of nitrogens with zero attached hydrogens (tertiary/aromatic N) is 2. The van der Waals surface area contributed by atoms with Crippen LogP contribution in [0.4, 0.5) is 0 Å². The van der Waals surface area contributed by atoms with E-state index in [1.165, 1.54) is 25.7 Å². The van der Waals surface area contributed by atoms with Crippen LogP contribution in [-0.4, -0.2) is 73.5 Å². The van der Waals surface area contributed by atoms with Crippen LogP contribution in [0.3, 0.4) is 0 Å². The van der Waals surface area contributed by atoms with E-state index < -0.39 is 0 Å². The molecule has 170 valence electrons. The van der Waals surface area contributed by atoms with Gasteiger partial charge in [-0.25, -0.2) is 0 Å². The molecule has 0 radical (unpaired) electrons. The Bertz CT molecular complexity index is 495. The molecule has 2 atom stereocenters. The number of carbonyl (C=O) groups excluding carboxylic acids is 2. The summed E-state index contributed by atoms with van der Waals surface area (Å²) in [7, 11) is 0. The van der Waals surface area contributed by atoms with Gasteiger partial charge in [-0.3, -0.25) is 14.5 Å². The molecule has 0 bridgehead atoms. The first-order chi connectivity index (χ1) is 13.1. The maximum absolute atomic E-state index is 12.5. The first kappa shape index (κ1) is 26.5. The van der Waals surface area contributed by atoms with Crippen LogP contribution in [0, 0.1) is 11.8 Å². The average Bonchev–Trinajstić information content (AvgIpc) is 2.67. The molecule has 8 heteroatoms. The van der Waals surface area contributed by atoms with Crippen LogP contribution in [0.5, 0.6) is 0 Å². The zero-order valence-corrected chi connectivity index (χ0v) is 19.5. The predicted molar refractivity (Wildman–Crippen MR) is 122 cm³/mol. The zero-order chi connectivity index (χ0) is 19.1. The van der Waals surface area contributed by atoms with Gasteiger partial charge in [-0.15, -0.1) is 24.8 Å². The van der Waals surface area contributed by atoms with Gasteiger partial charge in [-0.2, -0.15) is 0 Å². The van der Waals surface area contributed by atoms with Crippen molar-refractivity contribution in [2.75, 3.05) is 45.8 Å². The normalized spacial score (nSPS) is 26.2. The summed E-state index contributed by atoms with van der Waals surface area (Å²) >= 11 is 0. The quantitative estimate of drug-likeness (QED) is 0.651. The lowest BCUT2D eigenvalue weighted by Crippen LogP contribution is -2.52. The summed E-state index contributed by atoms with van der Waals surface area (Å²) in [4.78, 5) is 29.0. The van der Waals surface area contributed by atoms with E-state index in [1.807, 2.05) is 4.90 Å². The highest BCUT2D eigenvalue weighted by atomic mass is 35.5. The van der Waals surface area contributed by atoms with Crippen molar-refractivity contribution in [3.63, 3.8) is 0 Å². The Balaban J connectivity index is 0.00000210. The summed E-state index contributed by atoms with van der Waals surface area (Å²) in [5, 5.41) is 6.60. The zero-order valence-electron chi connectivity index (χ0n) is 17.9. The van der Waals surface area contributed by atoms with Crippen molar-refractivity contribution in [1.29, 1.82) is 0 Å². The molecule has 1 saturated carbocycles. The number of hydrogen-bond acceptors (Lipinski definition) is 4. The summed E-state index contributed by atoms with van der Waals surface area (Å²) in [6, 6.07) is 0.360. The third-order valence-electron chi connectivity index (χ3n) is 6.62. The number of rotatable bonds is 6. The molecule has 2 saturated heterocycles. The molecule has 0 aromatic carbocycles. The van der Waals surface area contributed by atoms with Crippen molar-refractivity contribution in [3.8, 4) is 0 Å². The van der Waals surface area contributed by atoms with Crippen molar-refractivity contribution < 1.29 is 9.59 Å². The van der Waals surface area contributed by atoms with Gasteiger partial charge in [0, 0.05) is 38.6 Å². The van der Waals surface area contributed by atoms with Gasteiger partial charge in [-0.1, -0.05) is 19.8 Å². The minimum Gasteiger partial charge on any atom is -0.352 e. The molecule has 1 aliphatic carbocycles. The van der Waals surface area contributed by atoms with Gasteiger partial charge in [0.2, 0.25) is 11.8 Å². The summed E-state index contributed by atoms with van der Waals surface area (Å²) in [6.45, 7) is 8.10. The number of piperidine rings is 1. The summed E-state index contributed by atoms with van der Waals surface area (Å²) in [5.41, 5.74) is 0. The van der Waals surface area contributed by atoms with Gasteiger partial charge in [0.1, 0.15) is 0 Å². The molecule has 3 aliphatic rings. The van der Waals surface area contributed by atoms with E-state index >= 15 is 0 Å². The number of carbonyl (C=O) groups is 2. The first-order valence-corrected chi connectivity index (χ1v) is 11.1. The van der Waals surface area contributed by atoms with Crippen LogP contribution < -0.4 is 10.6 Å². The molecule has 2 aliphatic heterocycles. The van der Waals surface area contributed by atoms with Crippen LogP contribution in [0.2, 0.25) is 0 Å². The van der Waals surface area contributed by atoms with E-state index in [0.29, 0.717) is 30.8 Å². The smallest absolute Gasteiger partial charge is 0.234 e. The van der Waals surface area contributed by atoms with E-state index in [1.54, 1.807) is 0 Å². The first-order valence-electron chi connectivity index (χ1n) is 11.1. The van der Waals surface area contributed by atoms with Crippen molar-refractivity contribution in [3.05, 3.63) is 0 Å². The van der Waals surface area contributed by atoms with Crippen molar-refractivity contribution >= 4 is 36.6 Å². The van der Waals surface area contributed by atoms with Crippen LogP contribution in [-0.2, 0) is 9.59 Å². The minimum atomic E-state index is 0. The molecule has 0 aromatic rings. The summed E-state index contributed by atoms with van der Waals surface area (Å²) in [6.07, 6.45) is 8.88. The molecule has 29 heavy (non-hydrogen) atoms. The fraction of sp³-hybridized carbons (Fsp3) is 0.905. The fourth-order valence-corrected chi connectivity index (χ4v) is 4.85. The molecule has 0 spiro atoms. The molecule has 2 heterocycles. The van der Waals surface area contributed by atoms with Gasteiger partial charge in [0.25, 0.3) is 0 Å². The van der Waals surface area contributed by atoms with Crippen LogP contribution in [0.1, 0.15) is 58.3 Å². The van der Waals surface area contributed by atoms with E-state index in [4.69, 9.17) is 0 Å². The average molecular weight is 451 g/mol.